The van der Waals surface area contributed by atoms with Crippen LogP contribution in [0.3, 0.4) is 0 Å². The molecule has 0 atom stereocenters. The molecule has 0 aliphatic rings. The Morgan fingerprint density at radius 2 is 0.659 bits per heavy atom. The molecule has 0 saturated carbocycles. The molecule has 0 aromatic rings. The molecule has 1 N–H and O–H groups in total. The molecule has 4 nitrogen and oxygen atoms in total. The van der Waals surface area contributed by atoms with E-state index >= 15 is 0 Å². The minimum Gasteiger partial charge on any atom is -0.481 e. The number of hydrogen-bond donors (Lipinski definition) is 1. The third-order valence-corrected chi connectivity index (χ3v) is 8.53. The summed E-state index contributed by atoms with van der Waals surface area (Å²) < 4.78 is 5.41. The molecule has 0 bridgehead atoms. The van der Waals surface area contributed by atoms with Gasteiger partial charge in [0.05, 0.1) is 6.61 Å². The summed E-state index contributed by atoms with van der Waals surface area (Å²) in [5.74, 6) is -0.644. The molecule has 0 heterocycles. The van der Waals surface area contributed by atoms with Crippen molar-refractivity contribution in [2.24, 2.45) is 0 Å². The predicted molar refractivity (Wildman–Crippen MR) is 177 cm³/mol. The van der Waals surface area contributed by atoms with Gasteiger partial charge in [-0.2, -0.15) is 0 Å². The highest BCUT2D eigenvalue weighted by Crippen LogP contribution is 2.16. The first-order valence-electron chi connectivity index (χ1n) is 18.5. The highest BCUT2D eigenvalue weighted by molar-refractivity contribution is 5.69. The molecule has 0 aliphatic carbocycles. The van der Waals surface area contributed by atoms with Crippen molar-refractivity contribution in [2.45, 2.75) is 219 Å². The van der Waals surface area contributed by atoms with Gasteiger partial charge in [0.25, 0.3) is 0 Å². The Morgan fingerprint density at radius 1 is 0.390 bits per heavy atom. The van der Waals surface area contributed by atoms with Crippen LogP contribution in [0.15, 0.2) is 0 Å². The first-order valence-corrected chi connectivity index (χ1v) is 18.5. The zero-order valence-electron chi connectivity index (χ0n) is 27.7. The molecule has 0 fully saturated rings. The number of hydrogen-bond acceptors (Lipinski definition) is 3. The van der Waals surface area contributed by atoms with Crippen molar-refractivity contribution in [2.75, 3.05) is 6.61 Å². The van der Waals surface area contributed by atoms with Gasteiger partial charge >= 0.3 is 11.9 Å². The third kappa shape index (κ3) is 36.9. The Morgan fingerprint density at radius 3 is 0.976 bits per heavy atom. The number of aliphatic carboxylic acids is 1. The van der Waals surface area contributed by atoms with Gasteiger partial charge in [-0.25, -0.2) is 0 Å². The third-order valence-electron chi connectivity index (χ3n) is 8.53. The van der Waals surface area contributed by atoms with Crippen LogP contribution in [0, 0.1) is 0 Å². The van der Waals surface area contributed by atoms with Crippen LogP contribution in [-0.2, 0) is 14.3 Å². The number of rotatable bonds is 35. The molecule has 0 rings (SSSR count). The summed E-state index contributed by atoms with van der Waals surface area (Å²) in [7, 11) is 0. The summed E-state index contributed by atoms with van der Waals surface area (Å²) in [4.78, 5) is 22.3. The maximum Gasteiger partial charge on any atom is 0.305 e. The normalized spacial score (nSPS) is 11.2. The molecule has 0 amide bonds. The van der Waals surface area contributed by atoms with Crippen molar-refractivity contribution in [1.82, 2.24) is 0 Å². The van der Waals surface area contributed by atoms with Crippen molar-refractivity contribution < 1.29 is 19.4 Å². The van der Waals surface area contributed by atoms with Crippen LogP contribution in [0.2, 0.25) is 0 Å². The van der Waals surface area contributed by atoms with E-state index in [0.29, 0.717) is 19.4 Å². The standard InChI is InChI=1S/C37H72O4/c1-2-3-4-5-6-21-25-28-31-34-37(40)41-35-32-29-26-23-20-18-16-14-12-10-8-7-9-11-13-15-17-19-22-24-27-30-33-36(38)39/h2-35H2,1H3,(H,38,39). The van der Waals surface area contributed by atoms with E-state index in [1.165, 1.54) is 173 Å². The fourth-order valence-corrected chi connectivity index (χ4v) is 5.75. The predicted octanol–water partition coefficient (Wildman–Crippen LogP) is 12.5. The summed E-state index contributed by atoms with van der Waals surface area (Å²) in [6.07, 6.45) is 41.2. The van der Waals surface area contributed by atoms with Crippen molar-refractivity contribution in [1.29, 1.82) is 0 Å². The Labute approximate surface area is 256 Å². The highest BCUT2D eigenvalue weighted by atomic mass is 16.5. The zero-order chi connectivity index (χ0) is 29.9. The summed E-state index contributed by atoms with van der Waals surface area (Å²) >= 11 is 0. The van der Waals surface area contributed by atoms with E-state index in [9.17, 15) is 9.59 Å². The minimum absolute atomic E-state index is 0.0129. The van der Waals surface area contributed by atoms with E-state index in [1.54, 1.807) is 0 Å². The van der Waals surface area contributed by atoms with Gasteiger partial charge in [-0.1, -0.05) is 187 Å². The van der Waals surface area contributed by atoms with E-state index in [1.807, 2.05) is 0 Å². The zero-order valence-corrected chi connectivity index (χ0v) is 27.7. The lowest BCUT2D eigenvalue weighted by Gasteiger charge is -2.06. The summed E-state index contributed by atoms with van der Waals surface area (Å²) in [6.45, 7) is 2.88. The van der Waals surface area contributed by atoms with Crippen molar-refractivity contribution in [3.05, 3.63) is 0 Å². The number of carboxylic acid groups (broad SMARTS) is 1. The van der Waals surface area contributed by atoms with Crippen LogP contribution >= 0.6 is 0 Å². The maximum atomic E-state index is 11.9. The van der Waals surface area contributed by atoms with Crippen molar-refractivity contribution in [3.8, 4) is 0 Å². The van der Waals surface area contributed by atoms with Gasteiger partial charge < -0.3 is 9.84 Å². The smallest absolute Gasteiger partial charge is 0.305 e. The first kappa shape index (κ1) is 39.9. The second-order valence-corrected chi connectivity index (χ2v) is 12.7. The minimum atomic E-state index is -0.657. The monoisotopic (exact) mass is 581 g/mol. The first-order chi connectivity index (χ1) is 20.2. The molecule has 0 saturated heterocycles. The molecule has 0 radical (unpaired) electrons. The average molecular weight is 581 g/mol. The van der Waals surface area contributed by atoms with E-state index in [0.717, 1.165) is 25.7 Å². The van der Waals surface area contributed by atoms with Gasteiger partial charge in [-0.15, -0.1) is 0 Å². The largest absolute Gasteiger partial charge is 0.481 e. The molecule has 0 unspecified atom stereocenters. The van der Waals surface area contributed by atoms with Crippen LogP contribution in [-0.4, -0.2) is 23.7 Å². The van der Waals surface area contributed by atoms with E-state index < -0.39 is 5.97 Å². The van der Waals surface area contributed by atoms with Gasteiger partial charge in [-0.3, -0.25) is 9.59 Å². The Hall–Kier alpha value is -1.06. The van der Waals surface area contributed by atoms with Crippen LogP contribution in [0.1, 0.15) is 219 Å². The quantitative estimate of drug-likeness (QED) is 0.0598. The molecule has 4 heteroatoms. The number of ether oxygens (including phenoxy) is 1. The van der Waals surface area contributed by atoms with Gasteiger partial charge in [0.2, 0.25) is 0 Å². The summed E-state index contributed by atoms with van der Waals surface area (Å²) in [5, 5.41) is 8.63. The number of carboxylic acids is 1. The number of unbranched alkanes of at least 4 members (excludes halogenated alkanes) is 29. The van der Waals surface area contributed by atoms with Gasteiger partial charge in [0.1, 0.15) is 0 Å². The van der Waals surface area contributed by atoms with Crippen LogP contribution in [0.5, 0.6) is 0 Å². The second-order valence-electron chi connectivity index (χ2n) is 12.7. The lowest BCUT2D eigenvalue weighted by molar-refractivity contribution is -0.144. The van der Waals surface area contributed by atoms with Crippen LogP contribution in [0.4, 0.5) is 0 Å². The fraction of sp³-hybridized carbons (Fsp3) is 0.946. The molecule has 0 spiro atoms. The number of carbonyl (C=O) groups is 2. The van der Waals surface area contributed by atoms with Crippen molar-refractivity contribution in [3.63, 3.8) is 0 Å². The fourth-order valence-electron chi connectivity index (χ4n) is 5.75. The van der Waals surface area contributed by atoms with Gasteiger partial charge in [0, 0.05) is 12.8 Å². The molecule has 0 aromatic carbocycles. The highest BCUT2D eigenvalue weighted by Gasteiger charge is 2.03. The average Bonchev–Trinajstić information content (AvgIpc) is 2.96. The molecular formula is C37H72O4. The Bertz CT molecular complexity index is 533. The van der Waals surface area contributed by atoms with E-state index in [2.05, 4.69) is 6.92 Å². The molecule has 0 aliphatic heterocycles. The molecular weight excluding hydrogens is 508 g/mol. The summed E-state index contributed by atoms with van der Waals surface area (Å²) in [6, 6.07) is 0. The molecule has 0 aromatic heterocycles. The van der Waals surface area contributed by atoms with E-state index in [-0.39, 0.29) is 5.97 Å². The Balaban J connectivity index is 3.12. The number of carbonyl (C=O) groups excluding carboxylic acids is 1. The lowest BCUT2D eigenvalue weighted by atomic mass is 10.0. The topological polar surface area (TPSA) is 63.6 Å². The van der Waals surface area contributed by atoms with E-state index in [4.69, 9.17) is 9.84 Å². The molecule has 41 heavy (non-hydrogen) atoms. The lowest BCUT2D eigenvalue weighted by Crippen LogP contribution is -2.05. The van der Waals surface area contributed by atoms with Crippen LogP contribution in [0.25, 0.3) is 0 Å². The van der Waals surface area contributed by atoms with Gasteiger partial charge in [0.15, 0.2) is 0 Å². The SMILES string of the molecule is CCCCCCCCCCCC(=O)OCCCCCCCCCCCCCCCCCCCCCCCCC(=O)O. The Kier molecular flexibility index (Phi) is 34.2. The van der Waals surface area contributed by atoms with Gasteiger partial charge in [-0.05, 0) is 19.3 Å². The van der Waals surface area contributed by atoms with Crippen LogP contribution < -0.4 is 0 Å². The second kappa shape index (κ2) is 35.1. The maximum absolute atomic E-state index is 11.9. The summed E-state index contributed by atoms with van der Waals surface area (Å²) in [5.41, 5.74) is 0. The molecule has 244 valence electrons. The van der Waals surface area contributed by atoms with Crippen molar-refractivity contribution >= 4 is 11.9 Å². The number of esters is 1.